The molecule has 34 heavy (non-hydrogen) atoms. The average molecular weight is 481 g/mol. The summed E-state index contributed by atoms with van der Waals surface area (Å²) < 4.78 is 33.9. The van der Waals surface area contributed by atoms with Gasteiger partial charge < -0.3 is 10.1 Å². The fourth-order valence-corrected chi connectivity index (χ4v) is 4.83. The van der Waals surface area contributed by atoms with Crippen molar-refractivity contribution in [1.82, 2.24) is 5.32 Å². The number of rotatable bonds is 9. The Kier molecular flexibility index (Phi) is 7.99. The number of sulfonamides is 1. The van der Waals surface area contributed by atoms with Crippen molar-refractivity contribution < 1.29 is 17.9 Å². The Morgan fingerprint density at radius 1 is 0.941 bits per heavy atom. The first-order valence-electron chi connectivity index (χ1n) is 11.2. The van der Waals surface area contributed by atoms with Gasteiger partial charge in [-0.25, -0.2) is 8.42 Å². The molecule has 0 saturated heterocycles. The van der Waals surface area contributed by atoms with E-state index in [1.54, 1.807) is 36.4 Å². The summed E-state index contributed by atoms with van der Waals surface area (Å²) in [5.74, 6) is 0.324. The van der Waals surface area contributed by atoms with Gasteiger partial charge in [-0.1, -0.05) is 35.9 Å². The third kappa shape index (κ3) is 6.38. The number of carbonyl (C=O) groups excluding carboxylic acids is 1. The van der Waals surface area contributed by atoms with E-state index in [0.717, 1.165) is 32.3 Å². The summed E-state index contributed by atoms with van der Waals surface area (Å²) >= 11 is 0. The van der Waals surface area contributed by atoms with Gasteiger partial charge in [-0.05, 0) is 87.7 Å². The van der Waals surface area contributed by atoms with Crippen molar-refractivity contribution in [2.75, 3.05) is 10.8 Å². The van der Waals surface area contributed by atoms with E-state index in [9.17, 15) is 13.2 Å². The van der Waals surface area contributed by atoms with Crippen LogP contribution < -0.4 is 14.4 Å². The van der Waals surface area contributed by atoms with E-state index in [4.69, 9.17) is 4.74 Å². The van der Waals surface area contributed by atoms with E-state index in [-0.39, 0.29) is 24.1 Å². The maximum atomic E-state index is 13.5. The maximum absolute atomic E-state index is 13.5. The van der Waals surface area contributed by atoms with Crippen LogP contribution in [0.15, 0.2) is 71.6 Å². The van der Waals surface area contributed by atoms with Gasteiger partial charge >= 0.3 is 0 Å². The summed E-state index contributed by atoms with van der Waals surface area (Å²) in [6, 6.07) is 19.5. The van der Waals surface area contributed by atoms with Crippen LogP contribution in [0.5, 0.6) is 5.75 Å². The number of nitrogens with zero attached hydrogens (tertiary/aromatic N) is 1. The zero-order chi connectivity index (χ0) is 24.9. The highest BCUT2D eigenvalue weighted by Crippen LogP contribution is 2.26. The molecule has 1 amide bonds. The average Bonchev–Trinajstić information content (AvgIpc) is 2.78. The largest absolute Gasteiger partial charge is 0.491 e. The molecule has 0 unspecified atom stereocenters. The van der Waals surface area contributed by atoms with E-state index >= 15 is 0 Å². The van der Waals surface area contributed by atoms with Crippen molar-refractivity contribution in [2.45, 2.75) is 52.2 Å². The van der Waals surface area contributed by atoms with Crippen LogP contribution in [0, 0.1) is 20.8 Å². The highest BCUT2D eigenvalue weighted by atomic mass is 32.2. The van der Waals surface area contributed by atoms with E-state index < -0.39 is 15.9 Å². The molecule has 3 aromatic carbocycles. The van der Waals surface area contributed by atoms with Gasteiger partial charge in [0.25, 0.3) is 10.0 Å². The van der Waals surface area contributed by atoms with Crippen LogP contribution in [0.1, 0.15) is 36.1 Å². The maximum Gasteiger partial charge on any atom is 0.264 e. The number of nitrogens with one attached hydrogen (secondary N) is 1. The zero-order valence-corrected chi connectivity index (χ0v) is 21.1. The number of hydrogen-bond donors (Lipinski definition) is 1. The molecule has 0 aliphatic heterocycles. The molecule has 0 aliphatic carbocycles. The predicted molar refractivity (Wildman–Crippen MR) is 136 cm³/mol. The molecule has 6 nitrogen and oxygen atoms in total. The SMILES string of the molecule is Cc1ccc(S(=O)(=O)N(CC(=O)NCc2cccc(OC(C)C)c2)c2ccc(C)c(C)c2)cc1. The molecular formula is C27H32N2O4S. The summed E-state index contributed by atoms with van der Waals surface area (Å²) in [5, 5.41) is 2.84. The summed E-state index contributed by atoms with van der Waals surface area (Å²) in [5.41, 5.74) is 4.27. The third-order valence-electron chi connectivity index (χ3n) is 5.43. The molecule has 0 bridgehead atoms. The van der Waals surface area contributed by atoms with Crippen LogP contribution in [0.25, 0.3) is 0 Å². The first-order chi connectivity index (χ1) is 16.1. The van der Waals surface area contributed by atoms with Crippen molar-refractivity contribution in [3.8, 4) is 5.75 Å². The fraction of sp³-hybridized carbons (Fsp3) is 0.296. The number of anilines is 1. The molecule has 0 fully saturated rings. The lowest BCUT2D eigenvalue weighted by atomic mass is 10.1. The van der Waals surface area contributed by atoms with E-state index in [2.05, 4.69) is 5.32 Å². The van der Waals surface area contributed by atoms with Crippen LogP contribution in [0.2, 0.25) is 0 Å². The summed E-state index contributed by atoms with van der Waals surface area (Å²) in [7, 11) is -3.95. The second-order valence-corrected chi connectivity index (χ2v) is 10.5. The first kappa shape index (κ1) is 25.3. The van der Waals surface area contributed by atoms with Gasteiger partial charge in [0.1, 0.15) is 12.3 Å². The highest BCUT2D eigenvalue weighted by molar-refractivity contribution is 7.92. The molecular weight excluding hydrogens is 448 g/mol. The quantitative estimate of drug-likeness (QED) is 0.472. The van der Waals surface area contributed by atoms with Crippen molar-refractivity contribution in [2.24, 2.45) is 0 Å². The molecule has 0 aliphatic rings. The second kappa shape index (κ2) is 10.7. The summed E-state index contributed by atoms with van der Waals surface area (Å²) in [4.78, 5) is 13.0. The number of benzene rings is 3. The third-order valence-corrected chi connectivity index (χ3v) is 7.22. The van der Waals surface area contributed by atoms with Crippen LogP contribution in [-0.4, -0.2) is 27.0 Å². The van der Waals surface area contributed by atoms with Crippen LogP contribution in [0.4, 0.5) is 5.69 Å². The first-order valence-corrected chi connectivity index (χ1v) is 12.7. The number of ether oxygens (including phenoxy) is 1. The van der Waals surface area contributed by atoms with E-state index in [0.29, 0.717) is 5.69 Å². The van der Waals surface area contributed by atoms with Gasteiger partial charge in [-0.2, -0.15) is 0 Å². The van der Waals surface area contributed by atoms with Gasteiger partial charge in [-0.3, -0.25) is 9.10 Å². The zero-order valence-electron chi connectivity index (χ0n) is 20.3. The summed E-state index contributed by atoms with van der Waals surface area (Å²) in [6.45, 7) is 9.60. The molecule has 1 N–H and O–H groups in total. The van der Waals surface area contributed by atoms with Gasteiger partial charge in [0.15, 0.2) is 0 Å². The molecule has 7 heteroatoms. The Morgan fingerprint density at radius 3 is 2.29 bits per heavy atom. The van der Waals surface area contributed by atoms with Crippen LogP contribution >= 0.6 is 0 Å². The van der Waals surface area contributed by atoms with E-state index in [1.807, 2.05) is 65.0 Å². The lowest BCUT2D eigenvalue weighted by Gasteiger charge is -2.25. The monoisotopic (exact) mass is 480 g/mol. The Balaban J connectivity index is 1.83. The topological polar surface area (TPSA) is 75.7 Å². The number of carbonyl (C=O) groups is 1. The standard InChI is InChI=1S/C27H32N2O4S/c1-19(2)33-25-8-6-7-23(16-25)17-28-27(30)18-29(24-12-11-21(4)22(5)15-24)34(31,32)26-13-9-20(3)10-14-26/h6-16,19H,17-18H2,1-5H3,(H,28,30). The number of amides is 1. The Bertz CT molecular complexity index is 1250. The Hall–Kier alpha value is -3.32. The van der Waals surface area contributed by atoms with Crippen molar-refractivity contribution in [3.63, 3.8) is 0 Å². The van der Waals surface area contributed by atoms with Crippen molar-refractivity contribution >= 4 is 21.6 Å². The van der Waals surface area contributed by atoms with Crippen molar-refractivity contribution in [3.05, 3.63) is 89.0 Å². The van der Waals surface area contributed by atoms with Gasteiger partial charge in [-0.15, -0.1) is 0 Å². The summed E-state index contributed by atoms with van der Waals surface area (Å²) in [6.07, 6.45) is 0.0448. The number of hydrogen-bond acceptors (Lipinski definition) is 4. The number of aryl methyl sites for hydroxylation is 3. The predicted octanol–water partition coefficient (Wildman–Crippen LogP) is 4.91. The van der Waals surface area contributed by atoms with Crippen LogP contribution in [0.3, 0.4) is 0 Å². The Labute approximate surface area is 202 Å². The minimum atomic E-state index is -3.95. The lowest BCUT2D eigenvalue weighted by Crippen LogP contribution is -2.40. The smallest absolute Gasteiger partial charge is 0.264 e. The van der Waals surface area contributed by atoms with Gasteiger partial charge in [0.2, 0.25) is 5.91 Å². The second-order valence-electron chi connectivity index (χ2n) is 8.68. The van der Waals surface area contributed by atoms with Crippen molar-refractivity contribution in [1.29, 1.82) is 0 Å². The molecule has 0 atom stereocenters. The highest BCUT2D eigenvalue weighted by Gasteiger charge is 2.27. The lowest BCUT2D eigenvalue weighted by molar-refractivity contribution is -0.119. The molecule has 180 valence electrons. The minimum absolute atomic E-state index is 0.0448. The molecule has 0 heterocycles. The molecule has 0 aromatic heterocycles. The minimum Gasteiger partial charge on any atom is -0.491 e. The van der Waals surface area contributed by atoms with Gasteiger partial charge in [0.05, 0.1) is 16.7 Å². The Morgan fingerprint density at radius 2 is 1.65 bits per heavy atom. The molecule has 3 aromatic rings. The molecule has 0 radical (unpaired) electrons. The fourth-order valence-electron chi connectivity index (χ4n) is 3.42. The molecule has 0 spiro atoms. The molecule has 0 saturated carbocycles. The van der Waals surface area contributed by atoms with E-state index in [1.165, 1.54) is 0 Å². The van der Waals surface area contributed by atoms with Crippen LogP contribution in [-0.2, 0) is 21.4 Å². The normalized spacial score (nSPS) is 11.4. The van der Waals surface area contributed by atoms with Gasteiger partial charge in [0, 0.05) is 6.54 Å². The molecule has 3 rings (SSSR count).